The van der Waals surface area contributed by atoms with E-state index in [0.717, 1.165) is 11.8 Å². The van der Waals surface area contributed by atoms with Gasteiger partial charge in [0.15, 0.2) is 16.7 Å². The van der Waals surface area contributed by atoms with Crippen LogP contribution in [0.4, 0.5) is 11.4 Å². The lowest BCUT2D eigenvalue weighted by Gasteiger charge is -2.28. The van der Waals surface area contributed by atoms with Gasteiger partial charge in [0.2, 0.25) is 5.91 Å². The minimum Gasteiger partial charge on any atom is -0.493 e. The first kappa shape index (κ1) is 21.9. The Bertz CT molecular complexity index is 1300. The molecule has 1 amide bonds. The largest absolute Gasteiger partial charge is 0.493 e. The lowest BCUT2D eigenvalue weighted by Crippen LogP contribution is -2.31. The van der Waals surface area contributed by atoms with Crippen molar-refractivity contribution in [2.45, 2.75) is 10.1 Å². The summed E-state index contributed by atoms with van der Waals surface area (Å²) < 4.78 is 37.3. The summed E-state index contributed by atoms with van der Waals surface area (Å²) >= 11 is 1.12. The Morgan fingerprint density at radius 1 is 1.12 bits per heavy atom. The monoisotopic (exact) mass is 472 g/mol. The number of amides is 1. The van der Waals surface area contributed by atoms with Gasteiger partial charge >= 0.3 is 0 Å². The first-order valence-corrected chi connectivity index (χ1v) is 11.9. The van der Waals surface area contributed by atoms with Gasteiger partial charge in [0, 0.05) is 24.4 Å². The molecule has 32 heavy (non-hydrogen) atoms. The zero-order valence-electron chi connectivity index (χ0n) is 17.5. The second kappa shape index (κ2) is 8.67. The molecule has 0 spiro atoms. The molecule has 0 aliphatic carbocycles. The van der Waals surface area contributed by atoms with E-state index in [9.17, 15) is 13.2 Å². The molecule has 0 saturated heterocycles. The van der Waals surface area contributed by atoms with Crippen LogP contribution in [0.2, 0.25) is 0 Å². The van der Waals surface area contributed by atoms with Crippen LogP contribution in [0.1, 0.15) is 0 Å². The zero-order valence-corrected chi connectivity index (χ0v) is 19.2. The molecule has 4 rings (SSSR count). The van der Waals surface area contributed by atoms with Gasteiger partial charge in [-0.15, -0.1) is 0 Å². The fourth-order valence-electron chi connectivity index (χ4n) is 3.27. The fraction of sp³-hybridized carbons (Fsp3) is 0.190. The lowest BCUT2D eigenvalue weighted by molar-refractivity contribution is -0.113. The number of hydrogen-bond acceptors (Lipinski definition) is 8. The highest BCUT2D eigenvalue weighted by Gasteiger charge is 2.34. The molecule has 3 aromatic rings. The van der Waals surface area contributed by atoms with Gasteiger partial charge in [-0.3, -0.25) is 9.10 Å². The first-order chi connectivity index (χ1) is 15.3. The number of nitrogens with zero attached hydrogens (tertiary/aromatic N) is 3. The van der Waals surface area contributed by atoms with E-state index in [1.165, 1.54) is 31.8 Å². The number of carbonyl (C=O) groups excluding carboxylic acids is 1. The molecular weight excluding hydrogens is 452 g/mol. The summed E-state index contributed by atoms with van der Waals surface area (Å²) in [6.07, 6.45) is 1.29. The van der Waals surface area contributed by atoms with E-state index in [1.807, 2.05) is 12.1 Å². The van der Waals surface area contributed by atoms with Crippen molar-refractivity contribution < 1.29 is 22.7 Å². The summed E-state index contributed by atoms with van der Waals surface area (Å²) in [7, 11) is 0.812. The normalized spacial score (nSPS) is 13.7. The van der Waals surface area contributed by atoms with Crippen molar-refractivity contribution in [2.24, 2.45) is 0 Å². The molecule has 1 aliphatic rings. The van der Waals surface area contributed by atoms with Crippen LogP contribution in [0.3, 0.4) is 0 Å². The van der Waals surface area contributed by atoms with Gasteiger partial charge in [0.1, 0.15) is 4.90 Å². The third-order valence-corrected chi connectivity index (χ3v) is 7.50. The van der Waals surface area contributed by atoms with Gasteiger partial charge in [-0.2, -0.15) is 0 Å². The summed E-state index contributed by atoms with van der Waals surface area (Å²) in [5.74, 6) is 0.835. The van der Waals surface area contributed by atoms with Gasteiger partial charge in [-0.1, -0.05) is 30.0 Å². The van der Waals surface area contributed by atoms with Crippen LogP contribution >= 0.6 is 11.8 Å². The number of methoxy groups -OCH3 is 2. The number of anilines is 2. The van der Waals surface area contributed by atoms with Crippen molar-refractivity contribution in [3.05, 3.63) is 48.7 Å². The Morgan fingerprint density at radius 3 is 2.62 bits per heavy atom. The highest BCUT2D eigenvalue weighted by Crippen LogP contribution is 2.41. The molecule has 0 fully saturated rings. The number of ether oxygens (including phenoxy) is 2. The average Bonchev–Trinajstić information content (AvgIpc) is 2.81. The predicted octanol–water partition coefficient (Wildman–Crippen LogP) is 3.03. The molecule has 0 radical (unpaired) electrons. The molecule has 0 saturated carbocycles. The Morgan fingerprint density at radius 2 is 1.88 bits per heavy atom. The summed E-state index contributed by atoms with van der Waals surface area (Å²) in [6.45, 7) is 0. The molecule has 2 heterocycles. The topological polar surface area (TPSA) is 111 Å². The van der Waals surface area contributed by atoms with Gasteiger partial charge in [-0.25, -0.2) is 18.4 Å². The van der Waals surface area contributed by atoms with Crippen LogP contribution in [-0.4, -0.2) is 51.3 Å². The van der Waals surface area contributed by atoms with E-state index in [1.54, 1.807) is 30.3 Å². The van der Waals surface area contributed by atoms with Crippen molar-refractivity contribution in [3.8, 4) is 22.8 Å². The number of aromatic nitrogens is 2. The maximum absolute atomic E-state index is 12.8. The number of sulfonamides is 1. The van der Waals surface area contributed by atoms with Crippen molar-refractivity contribution in [3.63, 3.8) is 0 Å². The van der Waals surface area contributed by atoms with Crippen LogP contribution in [0.25, 0.3) is 11.3 Å². The Balaban J connectivity index is 1.52. The van der Waals surface area contributed by atoms with Crippen LogP contribution in [0, 0.1) is 0 Å². The molecule has 11 heteroatoms. The Hall–Kier alpha value is -3.31. The number of fused-ring (bicyclic) bond motifs is 3. The number of benzene rings is 2. The summed E-state index contributed by atoms with van der Waals surface area (Å²) in [5.41, 5.74) is 2.12. The highest BCUT2D eigenvalue weighted by molar-refractivity contribution is 7.99. The number of nitrogens with one attached hydrogen (secondary N) is 1. The molecule has 1 N–H and O–H groups in total. The maximum Gasteiger partial charge on any atom is 0.267 e. The van der Waals surface area contributed by atoms with Crippen LogP contribution in [-0.2, 0) is 14.8 Å². The summed E-state index contributed by atoms with van der Waals surface area (Å²) in [4.78, 5) is 21.0. The maximum atomic E-state index is 12.8. The SMILES string of the molecule is COc1ccc(NC(=O)CSc2ncc3c(n2)-c2ccccc2N(C)S3(=O)=O)cc1OC. The van der Waals surface area contributed by atoms with Crippen LogP contribution in [0.5, 0.6) is 11.5 Å². The van der Waals surface area contributed by atoms with E-state index >= 15 is 0 Å². The van der Waals surface area contributed by atoms with Crippen molar-refractivity contribution in [2.75, 3.05) is 36.6 Å². The first-order valence-electron chi connectivity index (χ1n) is 9.45. The molecular formula is C21H20N4O5S2. The molecule has 166 valence electrons. The summed E-state index contributed by atoms with van der Waals surface area (Å²) in [5, 5.41) is 3.09. The second-order valence-corrected chi connectivity index (χ2v) is 9.64. The molecule has 0 bridgehead atoms. The minimum atomic E-state index is -3.74. The second-order valence-electron chi connectivity index (χ2n) is 6.76. The summed E-state index contributed by atoms with van der Waals surface area (Å²) in [6, 6.07) is 12.2. The quantitative estimate of drug-likeness (QED) is 0.431. The number of carbonyl (C=O) groups is 1. The average molecular weight is 473 g/mol. The van der Waals surface area contributed by atoms with Gasteiger partial charge in [0.05, 0.1) is 37.6 Å². The molecule has 1 aromatic heterocycles. The van der Waals surface area contributed by atoms with Crippen molar-refractivity contribution >= 4 is 39.1 Å². The molecule has 9 nitrogen and oxygen atoms in total. The minimum absolute atomic E-state index is 0.0397. The third kappa shape index (κ3) is 3.96. The van der Waals surface area contributed by atoms with E-state index in [0.29, 0.717) is 39.3 Å². The molecule has 0 atom stereocenters. The van der Waals surface area contributed by atoms with Gasteiger partial charge in [-0.05, 0) is 18.2 Å². The predicted molar refractivity (Wildman–Crippen MR) is 122 cm³/mol. The standard InChI is InChI=1S/C21H20N4O5S2/c1-25-15-7-5-4-6-14(15)20-18(32(25,27)28)11-22-21(24-20)31-12-19(26)23-13-8-9-16(29-2)17(10-13)30-3/h4-11H,12H2,1-3H3,(H,23,26). The van der Waals surface area contributed by atoms with E-state index in [4.69, 9.17) is 9.47 Å². The molecule has 0 unspecified atom stereocenters. The van der Waals surface area contributed by atoms with Crippen LogP contribution in [0.15, 0.2) is 58.7 Å². The van der Waals surface area contributed by atoms with Crippen molar-refractivity contribution in [1.82, 2.24) is 9.97 Å². The highest BCUT2D eigenvalue weighted by atomic mass is 32.2. The zero-order chi connectivity index (χ0) is 22.9. The van der Waals surface area contributed by atoms with Gasteiger partial charge in [0.25, 0.3) is 10.0 Å². The molecule has 2 aromatic carbocycles. The number of para-hydroxylation sites is 1. The number of hydrogen-bond donors (Lipinski definition) is 1. The molecule has 1 aliphatic heterocycles. The van der Waals surface area contributed by atoms with E-state index in [-0.39, 0.29) is 16.6 Å². The number of thioether (sulfide) groups is 1. The van der Waals surface area contributed by atoms with E-state index in [2.05, 4.69) is 15.3 Å². The lowest BCUT2D eigenvalue weighted by atomic mass is 10.1. The third-order valence-electron chi connectivity index (χ3n) is 4.87. The smallest absolute Gasteiger partial charge is 0.267 e. The van der Waals surface area contributed by atoms with E-state index < -0.39 is 10.0 Å². The van der Waals surface area contributed by atoms with Crippen molar-refractivity contribution in [1.29, 1.82) is 0 Å². The Kier molecular flexibility index (Phi) is 5.94. The number of rotatable bonds is 6. The van der Waals surface area contributed by atoms with Gasteiger partial charge < -0.3 is 14.8 Å². The fourth-order valence-corrected chi connectivity index (χ4v) is 5.19. The van der Waals surface area contributed by atoms with Crippen LogP contribution < -0.4 is 19.1 Å². The Labute approximate surface area is 189 Å².